The first-order valence-electron chi connectivity index (χ1n) is 10.1. The summed E-state index contributed by atoms with van der Waals surface area (Å²) in [4.78, 5) is 0. The molecule has 0 amide bonds. The van der Waals surface area contributed by atoms with Crippen molar-refractivity contribution in [3.05, 3.63) is 58.7 Å². The van der Waals surface area contributed by atoms with Gasteiger partial charge in [-0.1, -0.05) is 0 Å². The quantitative estimate of drug-likeness (QED) is 0.543. The predicted octanol–water partition coefficient (Wildman–Crippen LogP) is 1.56. The van der Waals surface area contributed by atoms with Gasteiger partial charge in [0.15, 0.2) is 0 Å². The van der Waals surface area contributed by atoms with Gasteiger partial charge in [0, 0.05) is 0 Å². The van der Waals surface area contributed by atoms with Gasteiger partial charge in [0.1, 0.15) is 0 Å². The van der Waals surface area contributed by atoms with Crippen LogP contribution in [-0.4, -0.2) is 0 Å². The van der Waals surface area contributed by atoms with E-state index in [1.807, 2.05) is 0 Å². The Hall–Kier alpha value is -0.666. The van der Waals surface area contributed by atoms with Crippen LogP contribution in [0.2, 0.25) is 0 Å². The Morgan fingerprint density at radius 3 is 0.966 bits per heavy atom. The van der Waals surface area contributed by atoms with Crippen LogP contribution >= 0.6 is 0 Å². The van der Waals surface area contributed by atoms with E-state index in [9.17, 15) is 0 Å². The SMILES string of the molecule is CC(C)c1cccc(C(C)C)c1[O][Ti+2][O]c1c(C(C)C)cccc1C(C)C.[Cl-].[Cl-]. The third-order valence-electron chi connectivity index (χ3n) is 4.93. The second-order valence-electron chi connectivity index (χ2n) is 8.44. The maximum absolute atomic E-state index is 6.37. The molecule has 0 fully saturated rings. The van der Waals surface area contributed by atoms with Gasteiger partial charge in [-0.2, -0.15) is 0 Å². The van der Waals surface area contributed by atoms with Crippen LogP contribution in [0.4, 0.5) is 0 Å². The van der Waals surface area contributed by atoms with Gasteiger partial charge in [0.2, 0.25) is 0 Å². The van der Waals surface area contributed by atoms with Crippen molar-refractivity contribution in [1.29, 1.82) is 0 Å². The van der Waals surface area contributed by atoms with Gasteiger partial charge in [-0.15, -0.1) is 0 Å². The molecule has 0 saturated heterocycles. The Bertz CT molecular complexity index is 643. The minimum Gasteiger partial charge on any atom is -1.00 e. The minimum atomic E-state index is -1.06. The Balaban J connectivity index is 0.00000392. The van der Waals surface area contributed by atoms with E-state index in [1.165, 1.54) is 22.3 Å². The standard InChI is InChI=1S/2C12H18O.2ClH.Ti/c2*1-8(2)10-6-5-7-11(9(3)4)12(10)13;;;/h2*5-9,13H,1-4H3;2*1H;/q;;;;+4/p-4. The first kappa shape index (κ1) is 28.3. The number of hydrogen-bond acceptors (Lipinski definition) is 2. The van der Waals surface area contributed by atoms with Crippen molar-refractivity contribution in [3.8, 4) is 11.5 Å². The van der Waals surface area contributed by atoms with E-state index in [4.69, 9.17) is 6.64 Å². The average Bonchev–Trinajstić information content (AvgIpc) is 2.61. The zero-order valence-electron chi connectivity index (χ0n) is 18.8. The van der Waals surface area contributed by atoms with Crippen LogP contribution in [0.1, 0.15) is 101 Å². The van der Waals surface area contributed by atoms with Crippen LogP contribution < -0.4 is 31.5 Å². The Kier molecular flexibility index (Phi) is 12.6. The van der Waals surface area contributed by atoms with Gasteiger partial charge in [-0.25, -0.2) is 0 Å². The second kappa shape index (κ2) is 12.9. The summed E-state index contributed by atoms with van der Waals surface area (Å²) in [6.07, 6.45) is 0. The Morgan fingerprint density at radius 1 is 0.517 bits per heavy atom. The van der Waals surface area contributed by atoms with Gasteiger partial charge in [0.05, 0.1) is 0 Å². The molecule has 0 aliphatic heterocycles. The van der Waals surface area contributed by atoms with Crippen LogP contribution in [0.15, 0.2) is 36.4 Å². The zero-order chi connectivity index (χ0) is 20.1. The molecule has 160 valence electrons. The fourth-order valence-corrected chi connectivity index (χ4v) is 4.37. The van der Waals surface area contributed by atoms with Crippen molar-refractivity contribution >= 4 is 0 Å². The number of halogens is 2. The van der Waals surface area contributed by atoms with Crippen LogP contribution in [0.3, 0.4) is 0 Å². The van der Waals surface area contributed by atoms with Crippen LogP contribution in [0.25, 0.3) is 0 Å². The summed E-state index contributed by atoms with van der Waals surface area (Å²) in [5, 5.41) is 0. The molecule has 0 radical (unpaired) electrons. The Morgan fingerprint density at radius 2 is 0.759 bits per heavy atom. The molecule has 29 heavy (non-hydrogen) atoms. The summed E-state index contributed by atoms with van der Waals surface area (Å²) in [5.74, 6) is 3.80. The van der Waals surface area contributed by atoms with E-state index in [-0.39, 0.29) is 24.8 Å². The van der Waals surface area contributed by atoms with Crippen LogP contribution in [-0.2, 0) is 19.9 Å². The van der Waals surface area contributed by atoms with Gasteiger partial charge in [-0.05, 0) is 0 Å². The van der Waals surface area contributed by atoms with Crippen LogP contribution in [0.5, 0.6) is 11.5 Å². The van der Waals surface area contributed by atoms with Crippen molar-refractivity contribution in [2.24, 2.45) is 0 Å². The molecule has 0 saturated carbocycles. The number of rotatable bonds is 8. The molecule has 2 aromatic carbocycles. The molecular weight excluding hydrogens is 439 g/mol. The molecule has 2 aromatic rings. The topological polar surface area (TPSA) is 18.5 Å². The fraction of sp³-hybridized carbons (Fsp3) is 0.500. The molecular formula is C24H34Cl2O2Ti. The van der Waals surface area contributed by atoms with Crippen LogP contribution in [0, 0.1) is 0 Å². The van der Waals surface area contributed by atoms with E-state index < -0.39 is 19.9 Å². The van der Waals surface area contributed by atoms with E-state index in [1.54, 1.807) is 0 Å². The largest absolute Gasteiger partial charge is 1.00 e. The van der Waals surface area contributed by atoms with E-state index in [0.717, 1.165) is 11.5 Å². The number of benzene rings is 2. The van der Waals surface area contributed by atoms with Crippen molar-refractivity contribution in [1.82, 2.24) is 0 Å². The van der Waals surface area contributed by atoms with E-state index >= 15 is 0 Å². The normalized spacial score (nSPS) is 10.6. The molecule has 0 spiro atoms. The van der Waals surface area contributed by atoms with Crippen molar-refractivity contribution in [3.63, 3.8) is 0 Å². The summed E-state index contributed by atoms with van der Waals surface area (Å²) >= 11 is -1.06. The van der Waals surface area contributed by atoms with Crippen molar-refractivity contribution in [2.45, 2.75) is 79.1 Å². The van der Waals surface area contributed by atoms with Crippen molar-refractivity contribution in [2.75, 3.05) is 0 Å². The van der Waals surface area contributed by atoms with Gasteiger partial charge in [0.25, 0.3) is 0 Å². The first-order valence-corrected chi connectivity index (χ1v) is 11.4. The summed E-state index contributed by atoms with van der Waals surface area (Å²) in [5.41, 5.74) is 5.09. The summed E-state index contributed by atoms with van der Waals surface area (Å²) in [6.45, 7) is 17.8. The average molecular weight is 473 g/mol. The molecule has 0 bridgehead atoms. The molecule has 0 N–H and O–H groups in total. The Labute approximate surface area is 199 Å². The fourth-order valence-electron chi connectivity index (χ4n) is 3.31. The molecule has 0 atom stereocenters. The first-order chi connectivity index (χ1) is 12.7. The molecule has 0 unspecified atom stereocenters. The number of para-hydroxylation sites is 2. The maximum Gasteiger partial charge on any atom is -1.00 e. The molecule has 0 aliphatic carbocycles. The summed E-state index contributed by atoms with van der Waals surface area (Å²) in [6, 6.07) is 13.0. The van der Waals surface area contributed by atoms with Gasteiger partial charge < -0.3 is 24.8 Å². The number of hydrogen-bond donors (Lipinski definition) is 0. The zero-order valence-corrected chi connectivity index (χ0v) is 21.9. The molecule has 2 nitrogen and oxygen atoms in total. The summed E-state index contributed by atoms with van der Waals surface area (Å²) in [7, 11) is 0. The molecule has 0 aromatic heterocycles. The molecule has 0 aliphatic rings. The molecule has 2 rings (SSSR count). The smallest absolute Gasteiger partial charge is 1.00 e. The monoisotopic (exact) mass is 472 g/mol. The second-order valence-corrected chi connectivity index (χ2v) is 9.34. The molecule has 0 heterocycles. The van der Waals surface area contributed by atoms with Crippen molar-refractivity contribution < 1.29 is 51.4 Å². The minimum absolute atomic E-state index is 0. The third kappa shape index (κ3) is 7.21. The molecule has 5 heteroatoms. The van der Waals surface area contributed by atoms with E-state index in [0.29, 0.717) is 23.7 Å². The van der Waals surface area contributed by atoms with Gasteiger partial charge in [-0.3, -0.25) is 0 Å². The maximum atomic E-state index is 6.37. The van der Waals surface area contributed by atoms with E-state index in [2.05, 4.69) is 91.8 Å². The summed E-state index contributed by atoms with van der Waals surface area (Å²) < 4.78 is 12.7. The predicted molar refractivity (Wildman–Crippen MR) is 110 cm³/mol. The van der Waals surface area contributed by atoms with Gasteiger partial charge >= 0.3 is 176 Å². The third-order valence-corrected chi connectivity index (χ3v) is 5.83.